The molecule has 5 nitrogen and oxygen atoms in total. The maximum Gasteiger partial charge on any atom is 0.341 e. The summed E-state index contributed by atoms with van der Waals surface area (Å²) in [6.45, 7) is 1.71. The molecule has 3 aromatic rings. The zero-order valence-corrected chi connectivity index (χ0v) is 17.1. The van der Waals surface area contributed by atoms with Crippen molar-refractivity contribution < 1.29 is 19.1 Å². The number of anilines is 1. The fourth-order valence-electron chi connectivity index (χ4n) is 2.84. The van der Waals surface area contributed by atoms with E-state index in [4.69, 9.17) is 16.3 Å². The van der Waals surface area contributed by atoms with Gasteiger partial charge in [0.2, 0.25) is 11.7 Å². The average molecular weight is 422 g/mol. The molecule has 0 heterocycles. The van der Waals surface area contributed by atoms with Gasteiger partial charge in [0.25, 0.3) is 0 Å². The Morgan fingerprint density at radius 2 is 1.53 bits per heavy atom. The highest BCUT2D eigenvalue weighted by Crippen LogP contribution is 2.27. The van der Waals surface area contributed by atoms with Crippen molar-refractivity contribution in [1.82, 2.24) is 0 Å². The smallest absolute Gasteiger partial charge is 0.341 e. The fraction of sp³-hybridized carbons (Fsp3) is 0.125. The van der Waals surface area contributed by atoms with Crippen LogP contribution in [-0.2, 0) is 9.53 Å². The molecule has 152 valence electrons. The zero-order chi connectivity index (χ0) is 21.5. The number of halogens is 1. The third-order valence-corrected chi connectivity index (χ3v) is 4.69. The quantitative estimate of drug-likeness (QED) is 0.405. The third kappa shape index (κ3) is 5.13. The van der Waals surface area contributed by atoms with E-state index in [0.29, 0.717) is 21.8 Å². The molecule has 30 heavy (non-hydrogen) atoms. The Labute approximate surface area is 179 Å². The Morgan fingerprint density at radius 1 is 0.900 bits per heavy atom. The van der Waals surface area contributed by atoms with Crippen molar-refractivity contribution in [3.05, 3.63) is 101 Å². The normalized spacial score (nSPS) is 11.4. The summed E-state index contributed by atoms with van der Waals surface area (Å²) in [4.78, 5) is 37.9. The molecule has 0 unspecified atom stereocenters. The molecule has 0 spiro atoms. The number of carbonyl (C=O) groups is 3. The molecule has 1 amide bonds. The number of rotatable bonds is 7. The van der Waals surface area contributed by atoms with Crippen molar-refractivity contribution in [3.63, 3.8) is 0 Å². The number of amides is 1. The first-order valence-corrected chi connectivity index (χ1v) is 9.82. The zero-order valence-electron chi connectivity index (χ0n) is 16.3. The molecule has 0 aromatic heterocycles. The van der Waals surface area contributed by atoms with Crippen molar-refractivity contribution in [2.24, 2.45) is 0 Å². The molecule has 0 bridgehead atoms. The highest BCUT2D eigenvalue weighted by Gasteiger charge is 2.27. The molecule has 0 aliphatic heterocycles. The van der Waals surface area contributed by atoms with Gasteiger partial charge in [-0.25, -0.2) is 4.79 Å². The molecular formula is C24H20ClNO4. The topological polar surface area (TPSA) is 72.5 Å². The molecule has 1 atom stereocenters. The van der Waals surface area contributed by atoms with E-state index in [1.807, 2.05) is 0 Å². The second-order valence-corrected chi connectivity index (χ2v) is 6.95. The molecule has 0 saturated heterocycles. The number of Topliss-reactive ketones (excluding diaryl/α,β-unsaturated/α-hetero) is 1. The molecule has 0 radical (unpaired) electrons. The standard InChI is InChI=1S/C24H20ClNO4/c1-2-21(27)26-20-11-7-6-10-19(20)24(29)30-23(17-12-14-18(25)15-13-17)22(28)16-8-4-3-5-9-16/h3-15,23H,2H2,1H3,(H,26,27)/t23-/m0/s1. The highest BCUT2D eigenvalue weighted by atomic mass is 35.5. The minimum absolute atomic E-state index is 0.166. The summed E-state index contributed by atoms with van der Waals surface area (Å²) in [5.41, 5.74) is 1.41. The number of hydrogen-bond acceptors (Lipinski definition) is 4. The molecule has 3 rings (SSSR count). The van der Waals surface area contributed by atoms with Gasteiger partial charge in [-0.2, -0.15) is 0 Å². The summed E-state index contributed by atoms with van der Waals surface area (Å²) in [5, 5.41) is 3.18. The first-order chi connectivity index (χ1) is 14.5. The lowest BCUT2D eigenvalue weighted by atomic mass is 9.99. The monoisotopic (exact) mass is 421 g/mol. The van der Waals surface area contributed by atoms with Gasteiger partial charge in [-0.1, -0.05) is 73.1 Å². The number of benzene rings is 3. The van der Waals surface area contributed by atoms with E-state index in [1.54, 1.807) is 85.8 Å². The van der Waals surface area contributed by atoms with Crippen LogP contribution in [-0.4, -0.2) is 17.7 Å². The minimum Gasteiger partial charge on any atom is -0.445 e. The number of carbonyl (C=O) groups excluding carboxylic acids is 3. The number of hydrogen-bond donors (Lipinski definition) is 1. The van der Waals surface area contributed by atoms with E-state index in [1.165, 1.54) is 0 Å². The van der Waals surface area contributed by atoms with E-state index in [0.717, 1.165) is 0 Å². The van der Waals surface area contributed by atoms with Crippen LogP contribution in [0, 0.1) is 0 Å². The van der Waals surface area contributed by atoms with Crippen molar-refractivity contribution in [1.29, 1.82) is 0 Å². The van der Waals surface area contributed by atoms with Crippen molar-refractivity contribution in [2.75, 3.05) is 5.32 Å². The van der Waals surface area contributed by atoms with Crippen molar-refractivity contribution in [3.8, 4) is 0 Å². The first-order valence-electron chi connectivity index (χ1n) is 9.44. The Hall–Kier alpha value is -3.44. The van der Waals surface area contributed by atoms with Gasteiger partial charge in [-0.3, -0.25) is 9.59 Å². The summed E-state index contributed by atoms with van der Waals surface area (Å²) in [6, 6.07) is 21.7. The summed E-state index contributed by atoms with van der Waals surface area (Å²) in [5.74, 6) is -1.31. The number of esters is 1. The molecule has 0 fully saturated rings. The summed E-state index contributed by atoms with van der Waals surface area (Å²) >= 11 is 5.96. The Kier molecular flexibility index (Phi) is 6.99. The number of ether oxygens (including phenoxy) is 1. The number of nitrogens with one attached hydrogen (secondary N) is 1. The van der Waals surface area contributed by atoms with Crippen LogP contribution in [0.25, 0.3) is 0 Å². The largest absolute Gasteiger partial charge is 0.445 e. The summed E-state index contributed by atoms with van der Waals surface area (Å²) in [6.07, 6.45) is -0.893. The maximum absolute atomic E-state index is 13.1. The second kappa shape index (κ2) is 9.85. The van der Waals surface area contributed by atoms with E-state index < -0.39 is 12.1 Å². The van der Waals surface area contributed by atoms with E-state index in [2.05, 4.69) is 5.32 Å². The van der Waals surface area contributed by atoms with Gasteiger partial charge in [-0.05, 0) is 24.3 Å². The van der Waals surface area contributed by atoms with E-state index >= 15 is 0 Å². The molecule has 6 heteroatoms. The van der Waals surface area contributed by atoms with Gasteiger partial charge < -0.3 is 10.1 Å². The minimum atomic E-state index is -1.16. The molecule has 1 N–H and O–H groups in total. The third-order valence-electron chi connectivity index (χ3n) is 4.44. The lowest BCUT2D eigenvalue weighted by Gasteiger charge is -2.19. The maximum atomic E-state index is 13.1. The van der Waals surface area contributed by atoms with Crippen LogP contribution in [0.4, 0.5) is 5.69 Å². The summed E-state index contributed by atoms with van der Waals surface area (Å²) in [7, 11) is 0. The molecular weight excluding hydrogens is 402 g/mol. The summed E-state index contributed by atoms with van der Waals surface area (Å²) < 4.78 is 5.65. The molecule has 0 saturated carbocycles. The van der Waals surface area contributed by atoms with Gasteiger partial charge in [0.05, 0.1) is 11.3 Å². The Morgan fingerprint density at radius 3 is 2.20 bits per heavy atom. The highest BCUT2D eigenvalue weighted by molar-refractivity contribution is 6.30. The van der Waals surface area contributed by atoms with Gasteiger partial charge in [-0.15, -0.1) is 0 Å². The van der Waals surface area contributed by atoms with Gasteiger partial charge in [0, 0.05) is 22.6 Å². The molecule has 3 aromatic carbocycles. The van der Waals surface area contributed by atoms with E-state index in [9.17, 15) is 14.4 Å². The van der Waals surface area contributed by atoms with Gasteiger partial charge >= 0.3 is 5.97 Å². The lowest BCUT2D eigenvalue weighted by molar-refractivity contribution is -0.115. The Balaban J connectivity index is 1.94. The van der Waals surface area contributed by atoms with Crippen molar-refractivity contribution in [2.45, 2.75) is 19.4 Å². The van der Waals surface area contributed by atoms with Gasteiger partial charge in [0.1, 0.15) is 0 Å². The van der Waals surface area contributed by atoms with E-state index in [-0.39, 0.29) is 23.7 Å². The second-order valence-electron chi connectivity index (χ2n) is 6.51. The van der Waals surface area contributed by atoms with Crippen LogP contribution in [0.5, 0.6) is 0 Å². The SMILES string of the molecule is CCC(=O)Nc1ccccc1C(=O)O[C@H](C(=O)c1ccccc1)c1ccc(Cl)cc1. The lowest BCUT2D eigenvalue weighted by Crippen LogP contribution is -2.21. The van der Waals surface area contributed by atoms with Gasteiger partial charge in [0.15, 0.2) is 6.10 Å². The fourth-order valence-corrected chi connectivity index (χ4v) is 2.97. The van der Waals surface area contributed by atoms with Crippen LogP contribution < -0.4 is 5.32 Å². The van der Waals surface area contributed by atoms with Crippen LogP contribution in [0.15, 0.2) is 78.9 Å². The number of ketones is 1. The predicted octanol–water partition coefficient (Wildman–Crippen LogP) is 5.47. The Bertz CT molecular complexity index is 1050. The number of para-hydroxylation sites is 1. The predicted molar refractivity (Wildman–Crippen MR) is 116 cm³/mol. The van der Waals surface area contributed by atoms with Crippen LogP contribution in [0.1, 0.15) is 45.7 Å². The van der Waals surface area contributed by atoms with Crippen LogP contribution in [0.3, 0.4) is 0 Å². The molecule has 0 aliphatic rings. The molecule has 0 aliphatic carbocycles. The van der Waals surface area contributed by atoms with Crippen LogP contribution >= 0.6 is 11.6 Å². The van der Waals surface area contributed by atoms with Crippen LogP contribution in [0.2, 0.25) is 5.02 Å². The first kappa shape index (κ1) is 21.3. The van der Waals surface area contributed by atoms with Crippen molar-refractivity contribution >= 4 is 34.9 Å². The average Bonchev–Trinajstić information content (AvgIpc) is 2.78.